The van der Waals surface area contributed by atoms with Crippen LogP contribution in [0.2, 0.25) is 0 Å². The first kappa shape index (κ1) is 22.0. The number of amides is 1. The number of aromatic amines is 1. The van der Waals surface area contributed by atoms with Gasteiger partial charge < -0.3 is 15.2 Å². The second-order valence-corrected chi connectivity index (χ2v) is 7.73. The van der Waals surface area contributed by atoms with Crippen LogP contribution in [0.25, 0.3) is 22.4 Å². The molecule has 0 aliphatic heterocycles. The maximum Gasteiger partial charge on any atom is 0.330 e. The third-order valence-electron chi connectivity index (χ3n) is 5.51. The predicted octanol–water partition coefficient (Wildman–Crippen LogP) is 2.71. The standard InChI is InChI=1S/C23H24N6O4/c1-4-5-11-29-19(24)18(20(30)26-23(29)32)28(3)22(31)15-12-16(14-9-7-6-8-10-14)25-21-17(15)13(2)27-33-21/h6-10,12H,4-5,11,24H2,1-3H3,(H,26,30,32). The van der Waals surface area contributed by atoms with Crippen molar-refractivity contribution >= 4 is 28.5 Å². The molecule has 1 amide bonds. The molecule has 0 aliphatic carbocycles. The molecule has 3 heterocycles. The van der Waals surface area contributed by atoms with Crippen molar-refractivity contribution in [3.05, 3.63) is 68.5 Å². The molecule has 0 saturated carbocycles. The minimum atomic E-state index is -0.739. The molecule has 3 N–H and O–H groups in total. The van der Waals surface area contributed by atoms with Crippen molar-refractivity contribution in [2.24, 2.45) is 0 Å². The van der Waals surface area contributed by atoms with E-state index in [1.54, 1.807) is 13.0 Å². The van der Waals surface area contributed by atoms with E-state index in [1.165, 1.54) is 11.6 Å². The van der Waals surface area contributed by atoms with Gasteiger partial charge in [0.15, 0.2) is 5.69 Å². The second-order valence-electron chi connectivity index (χ2n) is 7.73. The fraction of sp³-hybridized carbons (Fsp3) is 0.261. The number of nitrogen functional groups attached to an aromatic ring is 1. The molecule has 0 fully saturated rings. The highest BCUT2D eigenvalue weighted by molar-refractivity contribution is 6.14. The molecule has 0 spiro atoms. The number of nitrogens with zero attached hydrogens (tertiary/aromatic N) is 4. The highest BCUT2D eigenvalue weighted by Crippen LogP contribution is 2.29. The van der Waals surface area contributed by atoms with Crippen LogP contribution in [0, 0.1) is 6.92 Å². The van der Waals surface area contributed by atoms with Gasteiger partial charge in [-0.1, -0.05) is 48.8 Å². The quantitative estimate of drug-likeness (QED) is 0.462. The van der Waals surface area contributed by atoms with Crippen LogP contribution in [0.5, 0.6) is 0 Å². The van der Waals surface area contributed by atoms with Crippen LogP contribution in [0.4, 0.5) is 11.5 Å². The van der Waals surface area contributed by atoms with Gasteiger partial charge in [-0.15, -0.1) is 0 Å². The van der Waals surface area contributed by atoms with Gasteiger partial charge in [-0.05, 0) is 19.4 Å². The van der Waals surface area contributed by atoms with Gasteiger partial charge in [0.1, 0.15) is 5.82 Å². The number of aromatic nitrogens is 4. The summed E-state index contributed by atoms with van der Waals surface area (Å²) in [6, 6.07) is 11.0. The van der Waals surface area contributed by atoms with Gasteiger partial charge in [-0.2, -0.15) is 0 Å². The zero-order chi connectivity index (χ0) is 23.7. The topological polar surface area (TPSA) is 140 Å². The maximum atomic E-state index is 13.6. The SMILES string of the molecule is CCCCn1c(N)c(N(C)C(=O)c2cc(-c3ccccc3)nc3onc(C)c23)c(=O)[nH]c1=O. The van der Waals surface area contributed by atoms with E-state index in [2.05, 4.69) is 15.1 Å². The number of pyridine rings is 1. The zero-order valence-corrected chi connectivity index (χ0v) is 18.6. The highest BCUT2D eigenvalue weighted by Gasteiger charge is 2.26. The Balaban J connectivity index is 1.87. The first-order valence-corrected chi connectivity index (χ1v) is 10.6. The molecule has 0 atom stereocenters. The normalized spacial score (nSPS) is 11.1. The Hall–Kier alpha value is -4.21. The number of hydrogen-bond acceptors (Lipinski definition) is 7. The number of aryl methyl sites for hydroxylation is 1. The maximum absolute atomic E-state index is 13.6. The van der Waals surface area contributed by atoms with Crippen LogP contribution in [0.3, 0.4) is 0 Å². The van der Waals surface area contributed by atoms with Crippen molar-refractivity contribution in [3.8, 4) is 11.3 Å². The minimum Gasteiger partial charge on any atom is -0.383 e. The van der Waals surface area contributed by atoms with Gasteiger partial charge >= 0.3 is 5.69 Å². The summed E-state index contributed by atoms with van der Waals surface area (Å²) in [5, 5.41) is 4.40. The summed E-state index contributed by atoms with van der Waals surface area (Å²) < 4.78 is 6.61. The van der Waals surface area contributed by atoms with Gasteiger partial charge in [0, 0.05) is 19.2 Å². The number of anilines is 2. The number of hydrogen-bond donors (Lipinski definition) is 2. The number of rotatable bonds is 6. The molecule has 0 bridgehead atoms. The Morgan fingerprint density at radius 2 is 1.97 bits per heavy atom. The lowest BCUT2D eigenvalue weighted by atomic mass is 10.0. The average molecular weight is 448 g/mol. The molecule has 10 heteroatoms. The predicted molar refractivity (Wildman–Crippen MR) is 125 cm³/mol. The van der Waals surface area contributed by atoms with Crippen LogP contribution in [-0.2, 0) is 6.54 Å². The summed E-state index contributed by atoms with van der Waals surface area (Å²) in [4.78, 5) is 46.5. The molecular weight excluding hydrogens is 424 g/mol. The lowest BCUT2D eigenvalue weighted by Crippen LogP contribution is -2.39. The molecule has 0 aliphatic rings. The number of nitrogens with one attached hydrogen (secondary N) is 1. The van der Waals surface area contributed by atoms with Crippen molar-refractivity contribution in [2.45, 2.75) is 33.2 Å². The molecule has 0 unspecified atom stereocenters. The first-order chi connectivity index (χ1) is 15.8. The summed E-state index contributed by atoms with van der Waals surface area (Å²) in [7, 11) is 1.44. The second kappa shape index (κ2) is 8.73. The molecule has 3 aromatic heterocycles. The highest BCUT2D eigenvalue weighted by atomic mass is 16.5. The third-order valence-corrected chi connectivity index (χ3v) is 5.51. The summed E-state index contributed by atoms with van der Waals surface area (Å²) in [5.41, 5.74) is 7.00. The van der Waals surface area contributed by atoms with E-state index < -0.39 is 17.2 Å². The third kappa shape index (κ3) is 3.91. The van der Waals surface area contributed by atoms with Gasteiger partial charge in [0.25, 0.3) is 17.2 Å². The van der Waals surface area contributed by atoms with E-state index in [4.69, 9.17) is 10.3 Å². The Bertz CT molecular complexity index is 1450. The van der Waals surface area contributed by atoms with Crippen LogP contribution >= 0.6 is 0 Å². The van der Waals surface area contributed by atoms with E-state index in [-0.39, 0.29) is 22.8 Å². The molecular formula is C23H24N6O4. The molecule has 1 aromatic carbocycles. The van der Waals surface area contributed by atoms with Crippen molar-refractivity contribution in [2.75, 3.05) is 17.7 Å². The van der Waals surface area contributed by atoms with Crippen molar-refractivity contribution in [1.29, 1.82) is 0 Å². The number of carbonyl (C=O) groups excluding carboxylic acids is 1. The summed E-state index contributed by atoms with van der Waals surface area (Å²) in [5.74, 6) is -0.576. The monoisotopic (exact) mass is 448 g/mol. The molecule has 0 saturated heterocycles. The zero-order valence-electron chi connectivity index (χ0n) is 18.6. The number of H-pyrrole nitrogens is 1. The molecule has 10 nitrogen and oxygen atoms in total. The smallest absolute Gasteiger partial charge is 0.330 e. The largest absolute Gasteiger partial charge is 0.383 e. The average Bonchev–Trinajstić information content (AvgIpc) is 3.19. The van der Waals surface area contributed by atoms with Crippen LogP contribution in [-0.4, -0.2) is 32.6 Å². The van der Waals surface area contributed by atoms with E-state index >= 15 is 0 Å². The van der Waals surface area contributed by atoms with Gasteiger partial charge in [0.2, 0.25) is 0 Å². The first-order valence-electron chi connectivity index (χ1n) is 10.6. The lowest BCUT2D eigenvalue weighted by molar-refractivity contribution is 0.0994. The Morgan fingerprint density at radius 3 is 2.67 bits per heavy atom. The minimum absolute atomic E-state index is 0.0660. The van der Waals surface area contributed by atoms with Crippen LogP contribution < -0.4 is 21.9 Å². The molecule has 4 rings (SSSR count). The van der Waals surface area contributed by atoms with Crippen LogP contribution in [0.15, 0.2) is 50.5 Å². The van der Waals surface area contributed by atoms with E-state index in [0.717, 1.165) is 16.9 Å². The number of fused-ring (bicyclic) bond motifs is 1. The molecule has 170 valence electrons. The fourth-order valence-corrected chi connectivity index (χ4v) is 3.74. The lowest BCUT2D eigenvalue weighted by Gasteiger charge is -2.21. The Morgan fingerprint density at radius 1 is 1.24 bits per heavy atom. The molecule has 0 radical (unpaired) electrons. The van der Waals surface area contributed by atoms with E-state index in [0.29, 0.717) is 29.7 Å². The number of unbranched alkanes of at least 4 members (excludes halogenated alkanes) is 1. The van der Waals surface area contributed by atoms with Crippen molar-refractivity contribution in [1.82, 2.24) is 19.7 Å². The van der Waals surface area contributed by atoms with E-state index in [1.807, 2.05) is 37.3 Å². The number of carbonyl (C=O) groups is 1. The van der Waals surface area contributed by atoms with E-state index in [9.17, 15) is 14.4 Å². The van der Waals surface area contributed by atoms with Gasteiger partial charge in [-0.3, -0.25) is 19.1 Å². The summed E-state index contributed by atoms with van der Waals surface area (Å²) in [6.07, 6.45) is 1.53. The Labute approximate surface area is 188 Å². The summed E-state index contributed by atoms with van der Waals surface area (Å²) in [6.45, 7) is 4.01. The number of benzene rings is 1. The Kier molecular flexibility index (Phi) is 5.82. The van der Waals surface area contributed by atoms with Crippen molar-refractivity contribution in [3.63, 3.8) is 0 Å². The van der Waals surface area contributed by atoms with Gasteiger partial charge in [-0.25, -0.2) is 9.78 Å². The van der Waals surface area contributed by atoms with Gasteiger partial charge in [0.05, 0.1) is 22.3 Å². The molecule has 4 aromatic rings. The fourth-order valence-electron chi connectivity index (χ4n) is 3.74. The van der Waals surface area contributed by atoms with Crippen LogP contribution in [0.1, 0.15) is 35.8 Å². The molecule has 33 heavy (non-hydrogen) atoms. The number of nitrogens with two attached hydrogens (primary N) is 1. The summed E-state index contributed by atoms with van der Waals surface area (Å²) >= 11 is 0. The van der Waals surface area contributed by atoms with Crippen molar-refractivity contribution < 1.29 is 9.32 Å².